The van der Waals surface area contributed by atoms with Crippen molar-refractivity contribution in [3.05, 3.63) is 42.4 Å². The Hall–Kier alpha value is -2.17. The zero-order valence-electron chi connectivity index (χ0n) is 14.2. The van der Waals surface area contributed by atoms with E-state index in [0.717, 1.165) is 12.7 Å². The summed E-state index contributed by atoms with van der Waals surface area (Å²) in [7, 11) is -3.39. The first-order chi connectivity index (χ1) is 12.4. The minimum absolute atomic E-state index is 0.110. The monoisotopic (exact) mass is 380 g/mol. The van der Waals surface area contributed by atoms with E-state index in [2.05, 4.69) is 15.0 Å². The summed E-state index contributed by atoms with van der Waals surface area (Å²) >= 11 is 0. The SMILES string of the molecule is CS(=O)(=O)N[C@H]1[C@H](NC(=O)c2ccc(Cn3ccnc3)o2)[C@@H]2CCO[C@@H]21. The van der Waals surface area contributed by atoms with Crippen molar-refractivity contribution in [2.45, 2.75) is 31.2 Å². The Labute approximate surface area is 150 Å². The van der Waals surface area contributed by atoms with Gasteiger partial charge in [-0.15, -0.1) is 0 Å². The van der Waals surface area contributed by atoms with E-state index in [1.807, 2.05) is 4.57 Å². The van der Waals surface area contributed by atoms with Crippen LogP contribution in [0.4, 0.5) is 0 Å². The number of fused-ring (bicyclic) bond motifs is 1. The molecule has 0 unspecified atom stereocenters. The number of hydrogen-bond acceptors (Lipinski definition) is 6. The lowest BCUT2D eigenvalue weighted by molar-refractivity contribution is -0.0196. The average Bonchev–Trinajstić information content (AvgIpc) is 3.31. The molecule has 0 aromatic carbocycles. The summed E-state index contributed by atoms with van der Waals surface area (Å²) in [4.78, 5) is 16.5. The fourth-order valence-electron chi connectivity index (χ4n) is 3.66. The minimum Gasteiger partial charge on any atom is -0.454 e. The van der Waals surface area contributed by atoms with E-state index >= 15 is 0 Å². The molecule has 140 valence electrons. The predicted molar refractivity (Wildman–Crippen MR) is 90.9 cm³/mol. The molecule has 2 aromatic rings. The fraction of sp³-hybridized carbons (Fsp3) is 0.500. The number of nitrogens with zero attached hydrogens (tertiary/aromatic N) is 2. The molecule has 0 spiro atoms. The van der Waals surface area contributed by atoms with Gasteiger partial charge in [0.05, 0.1) is 37.3 Å². The highest BCUT2D eigenvalue weighted by atomic mass is 32.2. The van der Waals surface area contributed by atoms with E-state index in [1.165, 1.54) is 0 Å². The molecular weight excluding hydrogens is 360 g/mol. The van der Waals surface area contributed by atoms with Gasteiger partial charge in [-0.05, 0) is 18.6 Å². The molecule has 1 amide bonds. The molecule has 1 aliphatic carbocycles. The van der Waals surface area contributed by atoms with E-state index in [4.69, 9.17) is 9.15 Å². The van der Waals surface area contributed by atoms with Crippen LogP contribution >= 0.6 is 0 Å². The van der Waals surface area contributed by atoms with Crippen molar-refractivity contribution in [2.75, 3.05) is 12.9 Å². The molecular formula is C16H20N4O5S. The van der Waals surface area contributed by atoms with Crippen molar-refractivity contribution < 1.29 is 22.4 Å². The normalized spacial score (nSPS) is 27.7. The van der Waals surface area contributed by atoms with Gasteiger partial charge < -0.3 is 19.0 Å². The van der Waals surface area contributed by atoms with Crippen LogP contribution in [0.15, 0.2) is 35.3 Å². The molecule has 2 aliphatic rings. The number of aromatic nitrogens is 2. The number of sulfonamides is 1. The maximum absolute atomic E-state index is 12.5. The lowest BCUT2D eigenvalue weighted by atomic mass is 9.72. The van der Waals surface area contributed by atoms with Crippen LogP contribution in [0.3, 0.4) is 0 Å². The summed E-state index contributed by atoms with van der Waals surface area (Å²) in [6, 6.07) is 2.58. The van der Waals surface area contributed by atoms with Crippen molar-refractivity contribution in [2.24, 2.45) is 5.92 Å². The quantitative estimate of drug-likeness (QED) is 0.727. The van der Waals surface area contributed by atoms with Crippen LogP contribution < -0.4 is 10.0 Å². The molecule has 3 heterocycles. The first kappa shape index (κ1) is 17.3. The average molecular weight is 380 g/mol. The zero-order valence-corrected chi connectivity index (χ0v) is 15.0. The Morgan fingerprint density at radius 1 is 1.38 bits per heavy atom. The Morgan fingerprint density at radius 3 is 2.96 bits per heavy atom. The van der Waals surface area contributed by atoms with Gasteiger partial charge >= 0.3 is 0 Å². The second-order valence-corrected chi connectivity index (χ2v) is 8.48. The Kier molecular flexibility index (Phi) is 4.33. The second-order valence-electron chi connectivity index (χ2n) is 6.70. The third-order valence-corrected chi connectivity index (χ3v) is 5.52. The second kappa shape index (κ2) is 6.53. The molecule has 1 aliphatic heterocycles. The molecule has 26 heavy (non-hydrogen) atoms. The number of carbonyl (C=O) groups excluding carboxylic acids is 1. The molecule has 1 saturated heterocycles. The predicted octanol–water partition coefficient (Wildman–Crippen LogP) is -0.0407. The summed E-state index contributed by atoms with van der Waals surface area (Å²) in [5.74, 6) is 0.575. The van der Waals surface area contributed by atoms with Gasteiger partial charge in [0.25, 0.3) is 5.91 Å². The first-order valence-electron chi connectivity index (χ1n) is 8.35. The molecule has 2 N–H and O–H groups in total. The lowest BCUT2D eigenvalue weighted by Crippen LogP contribution is -2.70. The van der Waals surface area contributed by atoms with Gasteiger partial charge in [0, 0.05) is 24.9 Å². The van der Waals surface area contributed by atoms with Crippen LogP contribution in [0.2, 0.25) is 0 Å². The number of ether oxygens (including phenoxy) is 1. The highest BCUT2D eigenvalue weighted by Gasteiger charge is 2.55. The zero-order chi connectivity index (χ0) is 18.3. The van der Waals surface area contributed by atoms with Gasteiger partial charge in [-0.2, -0.15) is 0 Å². The largest absolute Gasteiger partial charge is 0.454 e. The number of rotatable bonds is 6. The van der Waals surface area contributed by atoms with E-state index < -0.39 is 16.1 Å². The van der Waals surface area contributed by atoms with Gasteiger partial charge in [0.15, 0.2) is 5.76 Å². The topological polar surface area (TPSA) is 115 Å². The Balaban J connectivity index is 1.43. The van der Waals surface area contributed by atoms with Crippen LogP contribution in [0.25, 0.3) is 0 Å². The Bertz CT molecular complexity index is 892. The molecule has 0 bridgehead atoms. The molecule has 2 aromatic heterocycles. The van der Waals surface area contributed by atoms with E-state index in [1.54, 1.807) is 30.9 Å². The summed E-state index contributed by atoms with van der Waals surface area (Å²) < 4.78 is 38.7. The number of nitrogens with one attached hydrogen (secondary N) is 2. The highest BCUT2D eigenvalue weighted by molar-refractivity contribution is 7.88. The van der Waals surface area contributed by atoms with Crippen LogP contribution in [-0.4, -0.2) is 54.9 Å². The van der Waals surface area contributed by atoms with Crippen molar-refractivity contribution >= 4 is 15.9 Å². The maximum atomic E-state index is 12.5. The van der Waals surface area contributed by atoms with Gasteiger partial charge in [-0.3, -0.25) is 4.79 Å². The van der Waals surface area contributed by atoms with E-state index in [0.29, 0.717) is 18.9 Å². The van der Waals surface area contributed by atoms with Crippen molar-refractivity contribution in [1.29, 1.82) is 0 Å². The lowest BCUT2D eigenvalue weighted by Gasteiger charge is -2.47. The minimum atomic E-state index is -3.39. The summed E-state index contributed by atoms with van der Waals surface area (Å²) in [6.45, 7) is 1.05. The number of imidazole rings is 1. The molecule has 4 rings (SSSR count). The molecule has 2 fully saturated rings. The van der Waals surface area contributed by atoms with Crippen molar-refractivity contribution in [3.8, 4) is 0 Å². The maximum Gasteiger partial charge on any atom is 0.287 e. The summed E-state index contributed by atoms with van der Waals surface area (Å²) in [5, 5.41) is 2.89. The van der Waals surface area contributed by atoms with E-state index in [-0.39, 0.29) is 29.7 Å². The number of furan rings is 1. The van der Waals surface area contributed by atoms with Crippen LogP contribution in [-0.2, 0) is 21.3 Å². The molecule has 1 saturated carbocycles. The number of amides is 1. The molecule has 0 radical (unpaired) electrons. The van der Waals surface area contributed by atoms with Gasteiger partial charge in [-0.1, -0.05) is 0 Å². The van der Waals surface area contributed by atoms with Gasteiger partial charge in [0.2, 0.25) is 10.0 Å². The first-order valence-corrected chi connectivity index (χ1v) is 10.2. The highest BCUT2D eigenvalue weighted by Crippen LogP contribution is 2.39. The third-order valence-electron chi connectivity index (χ3n) is 4.82. The molecule has 4 atom stereocenters. The number of hydrogen-bond donors (Lipinski definition) is 2. The molecule has 10 heteroatoms. The fourth-order valence-corrected chi connectivity index (χ4v) is 4.43. The van der Waals surface area contributed by atoms with Crippen LogP contribution in [0.1, 0.15) is 22.7 Å². The Morgan fingerprint density at radius 2 is 2.23 bits per heavy atom. The van der Waals surface area contributed by atoms with Gasteiger partial charge in [-0.25, -0.2) is 18.1 Å². The third kappa shape index (κ3) is 3.39. The van der Waals surface area contributed by atoms with Crippen LogP contribution in [0, 0.1) is 5.92 Å². The molecule has 9 nitrogen and oxygen atoms in total. The smallest absolute Gasteiger partial charge is 0.287 e. The summed E-state index contributed by atoms with van der Waals surface area (Å²) in [5.41, 5.74) is 0. The number of carbonyl (C=O) groups is 1. The van der Waals surface area contributed by atoms with E-state index in [9.17, 15) is 13.2 Å². The van der Waals surface area contributed by atoms with Crippen molar-refractivity contribution in [3.63, 3.8) is 0 Å². The van der Waals surface area contributed by atoms with Gasteiger partial charge in [0.1, 0.15) is 5.76 Å². The summed E-state index contributed by atoms with van der Waals surface area (Å²) in [6.07, 6.45) is 6.84. The standard InChI is InChI=1S/C16H20N4O5S/c1-26(22,23)19-14-13(11-4-7-24-15(11)14)18-16(21)12-3-2-10(25-12)8-20-6-5-17-9-20/h2-3,5-6,9,11,13-15,19H,4,7-8H2,1H3,(H,18,21)/t11-,13+,14-,15-/m0/s1. The van der Waals surface area contributed by atoms with Crippen molar-refractivity contribution in [1.82, 2.24) is 19.6 Å². The van der Waals surface area contributed by atoms with Crippen LogP contribution in [0.5, 0.6) is 0 Å².